The van der Waals surface area contributed by atoms with Gasteiger partial charge in [-0.15, -0.1) is 0 Å². The Balaban J connectivity index is 2.26. The largest absolute Gasteiger partial charge is 0.335 e. The van der Waals surface area contributed by atoms with Gasteiger partial charge in [-0.2, -0.15) is 5.10 Å². The number of hydrogen-bond donors (Lipinski definition) is 1. The third-order valence-electron chi connectivity index (χ3n) is 3.74. The minimum atomic E-state index is 0.119. The minimum Gasteiger partial charge on any atom is -0.335 e. The fourth-order valence-corrected chi connectivity index (χ4v) is 2.85. The van der Waals surface area contributed by atoms with E-state index in [0.29, 0.717) is 12.1 Å². The van der Waals surface area contributed by atoms with Gasteiger partial charge in [-0.25, -0.2) is 0 Å². The average molecular weight is 278 g/mol. The van der Waals surface area contributed by atoms with Crippen LogP contribution in [0.2, 0.25) is 0 Å². The fourth-order valence-electron chi connectivity index (χ4n) is 2.85. The molecule has 0 aromatic carbocycles. The van der Waals surface area contributed by atoms with Crippen molar-refractivity contribution in [2.45, 2.75) is 59.2 Å². The van der Waals surface area contributed by atoms with Gasteiger partial charge in [0.05, 0.1) is 11.3 Å². The van der Waals surface area contributed by atoms with Crippen molar-refractivity contribution < 1.29 is 4.79 Å². The molecule has 5 heteroatoms. The van der Waals surface area contributed by atoms with Gasteiger partial charge in [0.1, 0.15) is 0 Å². The topological polar surface area (TPSA) is 50.2 Å². The third-order valence-corrected chi connectivity index (χ3v) is 3.74. The number of carbonyl (C=O) groups is 1. The van der Waals surface area contributed by atoms with Gasteiger partial charge in [0.25, 0.3) is 5.91 Å². The number of piperazine rings is 1. The second kappa shape index (κ2) is 5.95. The molecule has 0 spiro atoms. The highest BCUT2D eigenvalue weighted by molar-refractivity contribution is 5.95. The van der Waals surface area contributed by atoms with Crippen LogP contribution in [0.15, 0.2) is 6.20 Å². The highest BCUT2D eigenvalue weighted by Gasteiger charge is 2.28. The van der Waals surface area contributed by atoms with Crippen molar-refractivity contribution in [3.8, 4) is 0 Å². The Morgan fingerprint density at radius 2 is 2.00 bits per heavy atom. The van der Waals surface area contributed by atoms with E-state index in [1.807, 2.05) is 22.7 Å². The average Bonchev–Trinajstić information content (AvgIpc) is 2.81. The summed E-state index contributed by atoms with van der Waals surface area (Å²) in [6.45, 7) is 12.8. The highest BCUT2D eigenvalue weighted by Crippen LogP contribution is 2.20. The molecule has 2 rings (SSSR count). The van der Waals surface area contributed by atoms with Crippen LogP contribution in [-0.4, -0.2) is 45.8 Å². The van der Waals surface area contributed by atoms with Crippen LogP contribution >= 0.6 is 0 Å². The lowest BCUT2D eigenvalue weighted by Gasteiger charge is -2.36. The summed E-state index contributed by atoms with van der Waals surface area (Å²) >= 11 is 0. The SMILES string of the molecule is CCn1cc(C(=O)N2CC(C)NC(C)C2)c(C(C)C)n1. The van der Waals surface area contributed by atoms with Gasteiger partial charge in [0.2, 0.25) is 0 Å². The summed E-state index contributed by atoms with van der Waals surface area (Å²) < 4.78 is 1.86. The lowest BCUT2D eigenvalue weighted by Crippen LogP contribution is -2.55. The normalized spacial score (nSPS) is 23.4. The molecule has 20 heavy (non-hydrogen) atoms. The molecule has 5 nitrogen and oxygen atoms in total. The maximum absolute atomic E-state index is 12.8. The monoisotopic (exact) mass is 278 g/mol. The van der Waals surface area contributed by atoms with E-state index in [-0.39, 0.29) is 11.8 Å². The number of carbonyl (C=O) groups excluding carboxylic acids is 1. The molecule has 1 fully saturated rings. The summed E-state index contributed by atoms with van der Waals surface area (Å²) in [4.78, 5) is 14.7. The van der Waals surface area contributed by atoms with Crippen LogP contribution in [0.1, 0.15) is 56.6 Å². The van der Waals surface area contributed by atoms with E-state index in [2.05, 4.69) is 38.1 Å². The Labute approximate surface area is 121 Å². The third kappa shape index (κ3) is 3.03. The number of hydrogen-bond acceptors (Lipinski definition) is 3. The Hall–Kier alpha value is -1.36. The van der Waals surface area contributed by atoms with Crippen LogP contribution in [0, 0.1) is 0 Å². The molecular weight excluding hydrogens is 252 g/mol. The van der Waals surface area contributed by atoms with Crippen molar-refractivity contribution >= 4 is 5.91 Å². The summed E-state index contributed by atoms with van der Waals surface area (Å²) in [6, 6.07) is 0.679. The first kappa shape index (κ1) is 15.0. The maximum Gasteiger partial charge on any atom is 0.257 e. The van der Waals surface area contributed by atoms with Crippen LogP contribution in [0.5, 0.6) is 0 Å². The van der Waals surface area contributed by atoms with Gasteiger partial charge in [-0.05, 0) is 26.7 Å². The number of nitrogens with zero attached hydrogens (tertiary/aromatic N) is 3. The van der Waals surface area contributed by atoms with Crippen LogP contribution in [0.3, 0.4) is 0 Å². The molecule has 1 N–H and O–H groups in total. The molecule has 2 heterocycles. The molecular formula is C15H26N4O. The summed E-state index contributed by atoms with van der Waals surface area (Å²) in [7, 11) is 0. The molecule has 1 aromatic heterocycles. The van der Waals surface area contributed by atoms with Gasteiger partial charge in [0.15, 0.2) is 0 Å². The standard InChI is InChI=1S/C15H26N4O/c1-6-19-9-13(14(17-19)10(2)3)15(20)18-7-11(4)16-12(5)8-18/h9-12,16H,6-8H2,1-5H3. The maximum atomic E-state index is 12.8. The van der Waals surface area contributed by atoms with Crippen LogP contribution in [-0.2, 0) is 6.54 Å². The van der Waals surface area contributed by atoms with Gasteiger partial charge >= 0.3 is 0 Å². The zero-order chi connectivity index (χ0) is 14.9. The number of aryl methyl sites for hydroxylation is 1. The molecule has 0 radical (unpaired) electrons. The van der Waals surface area contributed by atoms with Crippen molar-refractivity contribution in [3.05, 3.63) is 17.5 Å². The van der Waals surface area contributed by atoms with Crippen LogP contribution in [0.25, 0.3) is 0 Å². The molecule has 0 saturated carbocycles. The summed E-state index contributed by atoms with van der Waals surface area (Å²) in [6.07, 6.45) is 1.90. The van der Waals surface area contributed by atoms with E-state index in [9.17, 15) is 4.79 Å². The Kier molecular flexibility index (Phi) is 4.48. The van der Waals surface area contributed by atoms with Crippen LogP contribution < -0.4 is 5.32 Å². The zero-order valence-electron chi connectivity index (χ0n) is 13.2. The first-order valence-corrected chi connectivity index (χ1v) is 7.55. The zero-order valence-corrected chi connectivity index (χ0v) is 13.2. The Morgan fingerprint density at radius 1 is 1.40 bits per heavy atom. The van der Waals surface area contributed by atoms with E-state index in [4.69, 9.17) is 0 Å². The van der Waals surface area contributed by atoms with E-state index in [1.165, 1.54) is 0 Å². The molecule has 1 aliphatic heterocycles. The van der Waals surface area contributed by atoms with E-state index in [1.54, 1.807) is 0 Å². The van der Waals surface area contributed by atoms with Crippen LogP contribution in [0.4, 0.5) is 0 Å². The molecule has 1 aliphatic rings. The van der Waals surface area contributed by atoms with Crippen molar-refractivity contribution in [2.75, 3.05) is 13.1 Å². The summed E-state index contributed by atoms with van der Waals surface area (Å²) in [5.41, 5.74) is 1.68. The van der Waals surface area contributed by atoms with Gasteiger partial charge < -0.3 is 10.2 Å². The van der Waals surface area contributed by atoms with Gasteiger partial charge in [-0.1, -0.05) is 13.8 Å². The molecule has 2 atom stereocenters. The second-order valence-corrected chi connectivity index (χ2v) is 6.12. The Bertz CT molecular complexity index is 470. The van der Waals surface area contributed by atoms with Gasteiger partial charge in [-0.3, -0.25) is 9.48 Å². The Morgan fingerprint density at radius 3 is 2.50 bits per heavy atom. The summed E-state index contributed by atoms with van der Waals surface area (Å²) in [5.74, 6) is 0.383. The van der Waals surface area contributed by atoms with Crippen molar-refractivity contribution in [3.63, 3.8) is 0 Å². The predicted octanol–water partition coefficient (Wildman–Crippen LogP) is 1.85. The lowest BCUT2D eigenvalue weighted by molar-refractivity contribution is 0.0672. The van der Waals surface area contributed by atoms with Crippen molar-refractivity contribution in [1.82, 2.24) is 20.0 Å². The second-order valence-electron chi connectivity index (χ2n) is 6.12. The van der Waals surface area contributed by atoms with E-state index < -0.39 is 0 Å². The molecule has 0 bridgehead atoms. The van der Waals surface area contributed by atoms with Gasteiger partial charge in [0, 0.05) is 37.9 Å². The number of nitrogens with one attached hydrogen (secondary N) is 1. The van der Waals surface area contributed by atoms with E-state index >= 15 is 0 Å². The molecule has 2 unspecified atom stereocenters. The smallest absolute Gasteiger partial charge is 0.257 e. The quantitative estimate of drug-likeness (QED) is 0.918. The number of aromatic nitrogens is 2. The van der Waals surface area contributed by atoms with Crippen molar-refractivity contribution in [1.29, 1.82) is 0 Å². The molecule has 1 aromatic rings. The molecule has 1 amide bonds. The summed E-state index contributed by atoms with van der Waals surface area (Å²) in [5, 5.41) is 7.99. The molecule has 0 aliphatic carbocycles. The first-order chi connectivity index (χ1) is 9.42. The predicted molar refractivity (Wildman–Crippen MR) is 80.0 cm³/mol. The molecule has 112 valence electrons. The number of amides is 1. The lowest BCUT2D eigenvalue weighted by atomic mass is 10.0. The number of rotatable bonds is 3. The van der Waals surface area contributed by atoms with E-state index in [0.717, 1.165) is 30.9 Å². The molecule has 1 saturated heterocycles. The fraction of sp³-hybridized carbons (Fsp3) is 0.733. The first-order valence-electron chi connectivity index (χ1n) is 7.55. The van der Waals surface area contributed by atoms with Crippen molar-refractivity contribution in [2.24, 2.45) is 0 Å². The highest BCUT2D eigenvalue weighted by atomic mass is 16.2. The minimum absolute atomic E-state index is 0.119.